The van der Waals surface area contributed by atoms with Crippen molar-refractivity contribution in [1.29, 1.82) is 0 Å². The van der Waals surface area contributed by atoms with Gasteiger partial charge in [0, 0.05) is 5.92 Å². The summed E-state index contributed by atoms with van der Waals surface area (Å²) in [6.07, 6.45) is -3.04. The normalized spacial score (nSPS) is 14.7. The van der Waals surface area contributed by atoms with E-state index in [1.807, 2.05) is 0 Å². The van der Waals surface area contributed by atoms with E-state index in [0.29, 0.717) is 0 Å². The number of fused-ring (bicyclic) bond motifs is 1. The molecule has 3 aromatic rings. The fourth-order valence-electron chi connectivity index (χ4n) is 2.89. The Kier molecular flexibility index (Phi) is 5.32. The van der Waals surface area contributed by atoms with E-state index in [9.17, 15) is 26.4 Å². The van der Waals surface area contributed by atoms with Crippen molar-refractivity contribution in [3.05, 3.63) is 34.4 Å². The summed E-state index contributed by atoms with van der Waals surface area (Å²) in [7, 11) is -3.84. The first kappa shape index (κ1) is 21.8. The van der Waals surface area contributed by atoms with Crippen LogP contribution >= 0.6 is 15.9 Å². The quantitative estimate of drug-likeness (QED) is 0.487. The molecule has 0 unspecified atom stereocenters. The fraction of sp³-hybridized carbons (Fsp3) is 0.316. The Labute approximate surface area is 183 Å². The smallest absolute Gasteiger partial charge is 0.416 e. The van der Waals surface area contributed by atoms with Gasteiger partial charge in [0.1, 0.15) is 20.7 Å². The molecular weight excluding hydrogens is 503 g/mol. The minimum atomic E-state index is -4.56. The van der Waals surface area contributed by atoms with E-state index in [-0.39, 0.29) is 55.4 Å². The number of oxazole rings is 1. The van der Waals surface area contributed by atoms with Gasteiger partial charge in [-0.25, -0.2) is 18.4 Å². The molecule has 31 heavy (non-hydrogen) atoms. The monoisotopic (exact) mass is 517 g/mol. The van der Waals surface area contributed by atoms with Crippen LogP contribution in [0.5, 0.6) is 0 Å². The van der Waals surface area contributed by atoms with Crippen molar-refractivity contribution in [3.63, 3.8) is 0 Å². The van der Waals surface area contributed by atoms with Gasteiger partial charge in [-0.05, 0) is 53.0 Å². The molecule has 2 heterocycles. The van der Waals surface area contributed by atoms with E-state index in [2.05, 4.69) is 31.2 Å². The number of aromatic nitrogens is 2. The van der Waals surface area contributed by atoms with Gasteiger partial charge in [-0.15, -0.1) is 0 Å². The molecule has 0 saturated heterocycles. The molecule has 1 amide bonds. The molecule has 4 rings (SSSR count). The molecule has 7 nitrogen and oxygen atoms in total. The minimum absolute atomic E-state index is 0.0480. The number of benzene rings is 1. The topological polar surface area (TPSA) is 102 Å². The summed E-state index contributed by atoms with van der Waals surface area (Å²) >= 11 is 3.21. The summed E-state index contributed by atoms with van der Waals surface area (Å²) < 4.78 is 70.0. The minimum Gasteiger partial charge on any atom is -0.435 e. The summed E-state index contributed by atoms with van der Waals surface area (Å²) in [4.78, 5) is 20.1. The number of carbonyl (C=O) groups is 1. The molecule has 1 N–H and O–H groups in total. The molecule has 1 aliphatic carbocycles. The molecular formula is C19H15BrF3N3O4S. The van der Waals surface area contributed by atoms with Crippen LogP contribution in [-0.4, -0.2) is 30.0 Å². The van der Waals surface area contributed by atoms with Crippen molar-refractivity contribution >= 4 is 48.5 Å². The van der Waals surface area contributed by atoms with Crippen LogP contribution in [0.3, 0.4) is 0 Å². The maximum absolute atomic E-state index is 13.0. The van der Waals surface area contributed by atoms with Crippen LogP contribution in [0.1, 0.15) is 25.3 Å². The van der Waals surface area contributed by atoms with Crippen LogP contribution in [0.15, 0.2) is 38.2 Å². The molecule has 1 saturated carbocycles. The Balaban J connectivity index is 1.85. The van der Waals surface area contributed by atoms with Gasteiger partial charge in [0.2, 0.25) is 11.8 Å². The molecule has 0 spiro atoms. The Morgan fingerprint density at radius 3 is 2.58 bits per heavy atom. The number of pyridine rings is 1. The Morgan fingerprint density at radius 2 is 1.97 bits per heavy atom. The van der Waals surface area contributed by atoms with Crippen LogP contribution in [0.25, 0.3) is 22.7 Å². The van der Waals surface area contributed by atoms with E-state index < -0.39 is 21.6 Å². The highest BCUT2D eigenvalue weighted by Gasteiger charge is 2.33. The van der Waals surface area contributed by atoms with Gasteiger partial charge in [0.05, 0.1) is 17.0 Å². The zero-order valence-corrected chi connectivity index (χ0v) is 18.4. The van der Waals surface area contributed by atoms with Crippen molar-refractivity contribution in [2.75, 3.05) is 11.1 Å². The fourth-order valence-corrected chi connectivity index (χ4v) is 4.32. The van der Waals surface area contributed by atoms with Gasteiger partial charge < -0.3 is 9.73 Å². The highest BCUT2D eigenvalue weighted by Crippen LogP contribution is 2.37. The third-order valence-corrected chi connectivity index (χ3v) is 7.13. The van der Waals surface area contributed by atoms with E-state index in [0.717, 1.165) is 31.0 Å². The van der Waals surface area contributed by atoms with E-state index in [1.54, 1.807) is 0 Å². The number of carbonyl (C=O) groups excluding carboxylic acids is 1. The van der Waals surface area contributed by atoms with Crippen LogP contribution in [0.4, 0.5) is 18.9 Å². The maximum Gasteiger partial charge on any atom is 0.416 e. The van der Waals surface area contributed by atoms with Crippen molar-refractivity contribution in [1.82, 2.24) is 9.97 Å². The standard InChI is InChI=1S/C19H15BrF3N3O4S/c1-2-31(28,29)14-8-12(24-17(27)9-3-4-9)16(20)26-15(14)18-25-11-7-10(19(21,22)23)5-6-13(11)30-18/h5-9H,2-4H2,1H3,(H,24,27). The van der Waals surface area contributed by atoms with E-state index in [4.69, 9.17) is 4.42 Å². The molecule has 0 aliphatic heterocycles. The van der Waals surface area contributed by atoms with Crippen LogP contribution in [-0.2, 0) is 20.8 Å². The number of hydrogen-bond acceptors (Lipinski definition) is 6. The van der Waals surface area contributed by atoms with Crippen LogP contribution in [0, 0.1) is 5.92 Å². The van der Waals surface area contributed by atoms with E-state index in [1.165, 1.54) is 13.0 Å². The summed E-state index contributed by atoms with van der Waals surface area (Å²) in [5.41, 5.74) is -0.944. The average molecular weight is 518 g/mol. The highest BCUT2D eigenvalue weighted by atomic mass is 79.9. The Morgan fingerprint density at radius 1 is 1.26 bits per heavy atom. The number of sulfone groups is 1. The number of nitrogens with zero attached hydrogens (tertiary/aromatic N) is 2. The van der Waals surface area contributed by atoms with Gasteiger partial charge >= 0.3 is 6.18 Å². The first-order valence-electron chi connectivity index (χ1n) is 9.22. The number of hydrogen-bond donors (Lipinski definition) is 1. The molecule has 1 aromatic carbocycles. The predicted octanol–water partition coefficient (Wildman–Crippen LogP) is 4.81. The number of rotatable bonds is 5. The predicted molar refractivity (Wildman–Crippen MR) is 109 cm³/mol. The summed E-state index contributed by atoms with van der Waals surface area (Å²) in [6.45, 7) is 1.44. The second-order valence-electron chi connectivity index (χ2n) is 7.04. The Bertz CT molecular complexity index is 1300. The number of nitrogens with one attached hydrogen (secondary N) is 1. The number of anilines is 1. The van der Waals surface area contributed by atoms with Gasteiger partial charge in [-0.2, -0.15) is 13.2 Å². The van der Waals surface area contributed by atoms with Crippen molar-refractivity contribution < 1.29 is 30.8 Å². The number of amides is 1. The molecule has 12 heteroatoms. The van der Waals surface area contributed by atoms with Crippen LogP contribution < -0.4 is 5.32 Å². The lowest BCUT2D eigenvalue weighted by molar-refractivity contribution is -0.137. The Hall–Kier alpha value is -2.47. The van der Waals surface area contributed by atoms with Gasteiger partial charge in [0.25, 0.3) is 0 Å². The zero-order valence-electron chi connectivity index (χ0n) is 16.0. The van der Waals surface area contributed by atoms with Crippen molar-refractivity contribution in [2.24, 2.45) is 5.92 Å². The molecule has 1 fully saturated rings. The molecule has 1 aliphatic rings. The number of halogens is 4. The molecule has 2 aromatic heterocycles. The second kappa shape index (κ2) is 7.59. The maximum atomic E-state index is 13.0. The molecule has 164 valence electrons. The summed E-state index contributed by atoms with van der Waals surface area (Å²) in [5, 5.41) is 2.65. The molecule has 0 radical (unpaired) electrons. The zero-order chi connectivity index (χ0) is 22.6. The third-order valence-electron chi connectivity index (χ3n) is 4.78. The van der Waals surface area contributed by atoms with Crippen molar-refractivity contribution in [3.8, 4) is 11.6 Å². The second-order valence-corrected chi connectivity index (χ2v) is 10.0. The van der Waals surface area contributed by atoms with E-state index >= 15 is 0 Å². The lowest BCUT2D eigenvalue weighted by atomic mass is 10.2. The lowest BCUT2D eigenvalue weighted by Gasteiger charge is -2.12. The highest BCUT2D eigenvalue weighted by molar-refractivity contribution is 9.10. The van der Waals surface area contributed by atoms with Gasteiger partial charge in [0.15, 0.2) is 15.4 Å². The van der Waals surface area contributed by atoms with Crippen molar-refractivity contribution in [2.45, 2.75) is 30.8 Å². The first-order valence-corrected chi connectivity index (χ1v) is 11.7. The average Bonchev–Trinajstić information content (AvgIpc) is 3.47. The van der Waals surface area contributed by atoms with Gasteiger partial charge in [-0.3, -0.25) is 4.79 Å². The van der Waals surface area contributed by atoms with Crippen LogP contribution in [0.2, 0.25) is 0 Å². The lowest BCUT2D eigenvalue weighted by Crippen LogP contribution is -2.16. The summed E-state index contributed by atoms with van der Waals surface area (Å²) in [5.74, 6) is -0.867. The molecule has 0 bridgehead atoms. The SMILES string of the molecule is CCS(=O)(=O)c1cc(NC(=O)C2CC2)c(Br)nc1-c1nc2cc(C(F)(F)F)ccc2o1. The first-order chi connectivity index (χ1) is 14.5. The largest absolute Gasteiger partial charge is 0.435 e. The third kappa shape index (κ3) is 4.31. The summed E-state index contributed by atoms with van der Waals surface area (Å²) in [6, 6.07) is 4.03. The molecule has 0 atom stereocenters. The number of alkyl halides is 3. The van der Waals surface area contributed by atoms with Gasteiger partial charge in [-0.1, -0.05) is 6.92 Å².